The lowest BCUT2D eigenvalue weighted by Gasteiger charge is -2.40. The van der Waals surface area contributed by atoms with Crippen LogP contribution >= 0.6 is 0 Å². The van der Waals surface area contributed by atoms with Gasteiger partial charge in [-0.25, -0.2) is 4.79 Å². The fourth-order valence-corrected chi connectivity index (χ4v) is 4.84. The van der Waals surface area contributed by atoms with Crippen molar-refractivity contribution in [3.05, 3.63) is 35.4 Å². The van der Waals surface area contributed by atoms with Crippen LogP contribution in [0.25, 0.3) is 0 Å². The van der Waals surface area contributed by atoms with Crippen molar-refractivity contribution >= 4 is 12.0 Å². The highest BCUT2D eigenvalue weighted by Gasteiger charge is 2.58. The summed E-state index contributed by atoms with van der Waals surface area (Å²) in [6.07, 6.45) is 3.34. The number of benzene rings is 1. The summed E-state index contributed by atoms with van der Waals surface area (Å²) in [4.78, 5) is 26.0. The van der Waals surface area contributed by atoms with E-state index in [1.54, 1.807) is 0 Å². The molecule has 134 valence electrons. The number of rotatable bonds is 3. The quantitative estimate of drug-likeness (QED) is 0.919. The molecule has 2 aliphatic carbocycles. The van der Waals surface area contributed by atoms with E-state index in [1.165, 1.54) is 24.7 Å². The summed E-state index contributed by atoms with van der Waals surface area (Å²) in [5, 5.41) is 2.77. The Labute approximate surface area is 148 Å². The van der Waals surface area contributed by atoms with Crippen LogP contribution < -0.4 is 5.32 Å². The van der Waals surface area contributed by atoms with Gasteiger partial charge in [0.1, 0.15) is 0 Å². The first-order chi connectivity index (χ1) is 12.0. The number of nitrogens with zero attached hydrogens (tertiary/aromatic N) is 1. The molecule has 2 atom stereocenters. The van der Waals surface area contributed by atoms with Gasteiger partial charge in [-0.2, -0.15) is 0 Å². The summed E-state index contributed by atoms with van der Waals surface area (Å²) in [6, 6.07) is 8.77. The van der Waals surface area contributed by atoms with Crippen LogP contribution in [0.5, 0.6) is 0 Å². The number of piperidine rings is 1. The fourth-order valence-electron chi connectivity index (χ4n) is 4.84. The van der Waals surface area contributed by atoms with Crippen molar-refractivity contribution < 1.29 is 14.3 Å². The third kappa shape index (κ3) is 2.79. The van der Waals surface area contributed by atoms with Crippen molar-refractivity contribution in [1.82, 2.24) is 10.2 Å². The number of nitrogens with one attached hydrogen (secondary N) is 1. The number of alkyl carbamates (subject to hydrolysis) is 1. The number of fused-ring (bicyclic) bond motifs is 1. The highest BCUT2D eigenvalue weighted by atomic mass is 16.5. The normalized spacial score (nSPS) is 33.0. The molecule has 1 saturated heterocycles. The first-order valence-electron chi connectivity index (χ1n) is 9.23. The van der Waals surface area contributed by atoms with Crippen LogP contribution in [0.15, 0.2) is 24.3 Å². The number of ether oxygens (including phenoxy) is 1. The number of hydrogen-bond acceptors (Lipinski definition) is 3. The molecule has 0 bridgehead atoms. The van der Waals surface area contributed by atoms with Gasteiger partial charge >= 0.3 is 6.09 Å². The molecular weight excluding hydrogens is 316 g/mol. The van der Waals surface area contributed by atoms with Crippen LogP contribution in [0.3, 0.4) is 0 Å². The summed E-state index contributed by atoms with van der Waals surface area (Å²) < 4.78 is 4.61. The van der Waals surface area contributed by atoms with Crippen LogP contribution in [0.2, 0.25) is 0 Å². The molecular formula is C20H26N2O3. The zero-order valence-corrected chi connectivity index (χ0v) is 15.0. The fraction of sp³-hybridized carbons (Fsp3) is 0.600. The molecule has 2 saturated carbocycles. The predicted octanol–water partition coefficient (Wildman–Crippen LogP) is 2.62. The van der Waals surface area contributed by atoms with Crippen LogP contribution in [-0.2, 0) is 14.9 Å². The van der Waals surface area contributed by atoms with Crippen LogP contribution in [0, 0.1) is 18.8 Å². The predicted molar refractivity (Wildman–Crippen MR) is 94.2 cm³/mol. The average molecular weight is 342 g/mol. The summed E-state index contributed by atoms with van der Waals surface area (Å²) in [7, 11) is 1.36. The Kier molecular flexibility index (Phi) is 3.97. The number of methoxy groups -OCH3 is 1. The molecule has 5 nitrogen and oxygen atoms in total. The summed E-state index contributed by atoms with van der Waals surface area (Å²) in [6.45, 7) is 3.94. The molecule has 0 spiro atoms. The molecule has 2 amide bonds. The number of carbonyl (C=O) groups excluding carboxylic acids is 2. The first kappa shape index (κ1) is 16.4. The Morgan fingerprint density at radius 1 is 1.28 bits per heavy atom. The van der Waals surface area contributed by atoms with E-state index in [4.69, 9.17) is 0 Å². The van der Waals surface area contributed by atoms with Crippen molar-refractivity contribution in [2.75, 3.05) is 20.2 Å². The van der Waals surface area contributed by atoms with Crippen LogP contribution in [0.4, 0.5) is 4.79 Å². The molecule has 1 aromatic rings. The zero-order valence-electron chi connectivity index (χ0n) is 15.0. The number of hydrogen-bond donors (Lipinski definition) is 1. The number of amides is 2. The molecule has 1 heterocycles. The zero-order chi connectivity index (χ0) is 17.6. The Bertz CT molecular complexity index is 698. The highest BCUT2D eigenvalue weighted by molar-refractivity contribution is 5.80. The molecule has 2 unspecified atom stereocenters. The lowest BCUT2D eigenvalue weighted by Crippen LogP contribution is -2.52. The molecule has 1 aliphatic heterocycles. The highest BCUT2D eigenvalue weighted by Crippen LogP contribution is 2.60. The minimum atomic E-state index is -0.408. The molecule has 1 N–H and O–H groups in total. The number of likely N-dealkylation sites (tertiary alicyclic amines) is 1. The van der Waals surface area contributed by atoms with E-state index in [-0.39, 0.29) is 17.9 Å². The Morgan fingerprint density at radius 2 is 2.04 bits per heavy atom. The summed E-state index contributed by atoms with van der Waals surface area (Å²) in [5.74, 6) is 0.940. The Balaban J connectivity index is 1.32. The second-order valence-corrected chi connectivity index (χ2v) is 7.91. The topological polar surface area (TPSA) is 58.6 Å². The summed E-state index contributed by atoms with van der Waals surface area (Å²) >= 11 is 0. The SMILES string of the molecule is COC(=O)N[C@H]1C[C@@H](C(=O)N2CCC3(c4ccccc4C)CC3C2)C1. The molecule has 0 aromatic heterocycles. The van der Waals surface area contributed by atoms with Gasteiger partial charge in [0.25, 0.3) is 0 Å². The maximum Gasteiger partial charge on any atom is 0.407 e. The number of carbonyl (C=O) groups is 2. The molecule has 5 heteroatoms. The maximum absolute atomic E-state index is 12.7. The minimum Gasteiger partial charge on any atom is -0.453 e. The molecule has 0 radical (unpaired) electrons. The Morgan fingerprint density at radius 3 is 2.72 bits per heavy atom. The van der Waals surface area contributed by atoms with Gasteiger partial charge in [-0.1, -0.05) is 24.3 Å². The third-order valence-corrected chi connectivity index (χ3v) is 6.49. The van der Waals surface area contributed by atoms with E-state index in [9.17, 15) is 9.59 Å². The van der Waals surface area contributed by atoms with E-state index >= 15 is 0 Å². The Hall–Kier alpha value is -2.04. The van der Waals surface area contributed by atoms with Gasteiger partial charge in [-0.3, -0.25) is 4.79 Å². The second kappa shape index (κ2) is 6.04. The summed E-state index contributed by atoms with van der Waals surface area (Å²) in [5.41, 5.74) is 3.18. The van der Waals surface area contributed by atoms with Crippen molar-refractivity contribution in [2.45, 2.75) is 44.1 Å². The van der Waals surface area contributed by atoms with Gasteiger partial charge in [0, 0.05) is 30.5 Å². The lowest BCUT2D eigenvalue weighted by molar-refractivity contribution is -0.140. The van der Waals surface area contributed by atoms with E-state index in [2.05, 4.69) is 46.1 Å². The van der Waals surface area contributed by atoms with Crippen molar-refractivity contribution in [3.8, 4) is 0 Å². The molecule has 25 heavy (non-hydrogen) atoms. The lowest BCUT2D eigenvalue weighted by atomic mass is 9.78. The second-order valence-electron chi connectivity index (χ2n) is 7.91. The molecule has 4 rings (SSSR count). The largest absolute Gasteiger partial charge is 0.453 e. The van der Waals surface area contributed by atoms with E-state index < -0.39 is 6.09 Å². The maximum atomic E-state index is 12.7. The third-order valence-electron chi connectivity index (χ3n) is 6.49. The average Bonchev–Trinajstić information content (AvgIpc) is 3.31. The van der Waals surface area contributed by atoms with Crippen molar-refractivity contribution in [3.63, 3.8) is 0 Å². The molecule has 3 fully saturated rings. The molecule has 3 aliphatic rings. The van der Waals surface area contributed by atoms with Gasteiger partial charge in [0.2, 0.25) is 5.91 Å². The van der Waals surface area contributed by atoms with Gasteiger partial charge in [-0.05, 0) is 49.7 Å². The standard InChI is InChI=1S/C20H26N2O3/c1-13-5-3-4-6-17(13)20-7-8-22(12-15(20)11-20)18(23)14-9-16(10-14)21-19(24)25-2/h3-6,14-16H,7-12H2,1-2H3,(H,21,24)/t14-,15?,16+,20?. The molecule has 1 aromatic carbocycles. The van der Waals surface area contributed by atoms with Crippen molar-refractivity contribution in [2.24, 2.45) is 11.8 Å². The van der Waals surface area contributed by atoms with E-state index in [0.717, 1.165) is 32.4 Å². The minimum absolute atomic E-state index is 0.0619. The van der Waals surface area contributed by atoms with Gasteiger partial charge < -0.3 is 15.0 Å². The van der Waals surface area contributed by atoms with Gasteiger partial charge in [0.15, 0.2) is 0 Å². The first-order valence-corrected chi connectivity index (χ1v) is 9.23. The van der Waals surface area contributed by atoms with Crippen LogP contribution in [0.1, 0.15) is 36.8 Å². The monoisotopic (exact) mass is 342 g/mol. The number of aryl methyl sites for hydroxylation is 1. The smallest absolute Gasteiger partial charge is 0.407 e. The van der Waals surface area contributed by atoms with Crippen molar-refractivity contribution in [1.29, 1.82) is 0 Å². The van der Waals surface area contributed by atoms with Crippen LogP contribution in [-0.4, -0.2) is 43.1 Å². The van der Waals surface area contributed by atoms with E-state index in [1.807, 2.05) is 0 Å². The van der Waals surface area contributed by atoms with Gasteiger partial charge in [-0.15, -0.1) is 0 Å². The van der Waals surface area contributed by atoms with E-state index in [0.29, 0.717) is 11.3 Å². The van der Waals surface area contributed by atoms with Gasteiger partial charge in [0.05, 0.1) is 7.11 Å².